The van der Waals surface area contributed by atoms with E-state index in [1.807, 2.05) is 36.4 Å². The van der Waals surface area contributed by atoms with E-state index >= 15 is 0 Å². The molecule has 1 aliphatic heterocycles. The first-order valence-corrected chi connectivity index (χ1v) is 10.1. The normalized spacial score (nSPS) is 15.6. The van der Waals surface area contributed by atoms with Crippen LogP contribution in [0.25, 0.3) is 6.08 Å². The fourth-order valence-corrected chi connectivity index (χ4v) is 4.17. The second-order valence-electron chi connectivity index (χ2n) is 6.03. The lowest BCUT2D eigenvalue weighted by Crippen LogP contribution is -2.40. The molecule has 0 atom stereocenters. The molecule has 8 nitrogen and oxygen atoms in total. The number of nitrogens with zero attached hydrogens (tertiary/aromatic N) is 2. The van der Waals surface area contributed by atoms with E-state index in [9.17, 15) is 18.5 Å². The van der Waals surface area contributed by atoms with E-state index < -0.39 is 14.9 Å². The predicted molar refractivity (Wildman–Crippen MR) is 104 cm³/mol. The fourth-order valence-electron chi connectivity index (χ4n) is 2.74. The van der Waals surface area contributed by atoms with Crippen molar-refractivity contribution in [1.82, 2.24) is 4.31 Å². The number of morpholine rings is 1. The molecular formula is C19H20N2O6S. The van der Waals surface area contributed by atoms with E-state index in [0.29, 0.717) is 13.2 Å². The summed E-state index contributed by atoms with van der Waals surface area (Å²) < 4.78 is 37.3. The molecule has 0 amide bonds. The van der Waals surface area contributed by atoms with Gasteiger partial charge in [-0.25, -0.2) is 8.42 Å². The molecule has 1 heterocycles. The minimum Gasteiger partial charge on any atom is -0.483 e. The van der Waals surface area contributed by atoms with Gasteiger partial charge in [-0.05, 0) is 23.8 Å². The van der Waals surface area contributed by atoms with E-state index in [2.05, 4.69) is 0 Å². The molecule has 0 aliphatic carbocycles. The van der Waals surface area contributed by atoms with Crippen molar-refractivity contribution < 1.29 is 22.8 Å². The first-order chi connectivity index (χ1) is 13.5. The molecule has 0 spiro atoms. The van der Waals surface area contributed by atoms with Crippen LogP contribution in [-0.2, 0) is 14.8 Å². The summed E-state index contributed by atoms with van der Waals surface area (Å²) in [6.07, 6.45) is 3.57. The molecule has 2 aromatic rings. The Bertz CT molecular complexity index is 954. The van der Waals surface area contributed by atoms with Gasteiger partial charge in [0.15, 0.2) is 5.75 Å². The van der Waals surface area contributed by atoms with Crippen molar-refractivity contribution in [3.8, 4) is 5.75 Å². The van der Waals surface area contributed by atoms with E-state index in [0.717, 1.165) is 11.6 Å². The van der Waals surface area contributed by atoms with Crippen molar-refractivity contribution in [3.63, 3.8) is 0 Å². The smallest absolute Gasteiger partial charge is 0.312 e. The minimum atomic E-state index is -3.82. The number of hydrogen-bond acceptors (Lipinski definition) is 6. The zero-order valence-corrected chi connectivity index (χ0v) is 15.9. The summed E-state index contributed by atoms with van der Waals surface area (Å²) in [4.78, 5) is 10.6. The lowest BCUT2D eigenvalue weighted by molar-refractivity contribution is -0.386. The number of hydrogen-bond donors (Lipinski definition) is 0. The maximum absolute atomic E-state index is 12.7. The Kier molecular flexibility index (Phi) is 6.40. The monoisotopic (exact) mass is 404 g/mol. The first kappa shape index (κ1) is 20.0. The van der Waals surface area contributed by atoms with Crippen molar-refractivity contribution in [3.05, 3.63) is 70.3 Å². The summed E-state index contributed by atoms with van der Waals surface area (Å²) in [7, 11) is -3.82. The molecule has 28 heavy (non-hydrogen) atoms. The third-order valence-electron chi connectivity index (χ3n) is 4.18. The number of ether oxygens (including phenoxy) is 2. The summed E-state index contributed by atoms with van der Waals surface area (Å²) in [5.74, 6) is 0.0173. The molecule has 0 radical (unpaired) electrons. The summed E-state index contributed by atoms with van der Waals surface area (Å²) >= 11 is 0. The highest BCUT2D eigenvalue weighted by Crippen LogP contribution is 2.31. The Balaban J connectivity index is 1.75. The maximum Gasteiger partial charge on any atom is 0.312 e. The molecule has 2 aromatic carbocycles. The highest BCUT2D eigenvalue weighted by Gasteiger charge is 2.29. The highest BCUT2D eigenvalue weighted by molar-refractivity contribution is 7.89. The van der Waals surface area contributed by atoms with E-state index in [4.69, 9.17) is 9.47 Å². The molecule has 0 saturated carbocycles. The van der Waals surface area contributed by atoms with Gasteiger partial charge in [0.1, 0.15) is 6.61 Å². The molecule has 1 aliphatic rings. The number of nitro benzene ring substituents is 1. The van der Waals surface area contributed by atoms with Crippen LogP contribution in [0, 0.1) is 10.1 Å². The van der Waals surface area contributed by atoms with Crippen LogP contribution in [0.15, 0.2) is 59.5 Å². The van der Waals surface area contributed by atoms with Gasteiger partial charge in [-0.2, -0.15) is 4.31 Å². The number of nitro groups is 1. The molecule has 0 N–H and O–H groups in total. The van der Waals surface area contributed by atoms with Crippen LogP contribution < -0.4 is 4.74 Å². The summed E-state index contributed by atoms with van der Waals surface area (Å²) in [6.45, 7) is 1.16. The van der Waals surface area contributed by atoms with Gasteiger partial charge in [-0.15, -0.1) is 0 Å². The van der Waals surface area contributed by atoms with Gasteiger partial charge in [0.2, 0.25) is 10.0 Å². The average Bonchev–Trinajstić information content (AvgIpc) is 2.72. The van der Waals surface area contributed by atoms with Gasteiger partial charge in [-0.3, -0.25) is 10.1 Å². The molecule has 9 heteroatoms. The maximum atomic E-state index is 12.7. The SMILES string of the molecule is O=[N+]([O-])c1cc(S(=O)(=O)N2CCOCC2)ccc1OC/C=C/c1ccccc1. The standard InChI is InChI=1S/C19H20N2O6S/c22-21(23)18-15-17(28(24,25)20-10-13-26-14-11-20)8-9-19(18)27-12-4-7-16-5-2-1-3-6-16/h1-9,15H,10-14H2/b7-4+. The van der Waals surface area contributed by atoms with E-state index in [1.165, 1.54) is 16.4 Å². The molecule has 0 unspecified atom stereocenters. The molecule has 0 aromatic heterocycles. The van der Waals surface area contributed by atoms with Gasteiger partial charge in [0.05, 0.1) is 23.0 Å². The number of sulfonamides is 1. The Morgan fingerprint density at radius 2 is 1.86 bits per heavy atom. The summed E-state index contributed by atoms with van der Waals surface area (Å²) in [5.41, 5.74) is 0.593. The zero-order chi connectivity index (χ0) is 20.0. The van der Waals surface area contributed by atoms with Gasteiger partial charge in [0.25, 0.3) is 0 Å². The molecule has 148 valence electrons. The lowest BCUT2D eigenvalue weighted by Gasteiger charge is -2.26. The van der Waals surface area contributed by atoms with Crippen LogP contribution in [0.3, 0.4) is 0 Å². The zero-order valence-electron chi connectivity index (χ0n) is 15.1. The fraction of sp³-hybridized carbons (Fsp3) is 0.263. The van der Waals surface area contributed by atoms with Crippen LogP contribution in [0.2, 0.25) is 0 Å². The topological polar surface area (TPSA) is 99.0 Å². The molecule has 1 saturated heterocycles. The Labute approximate surface area is 163 Å². The third kappa shape index (κ3) is 4.75. The minimum absolute atomic E-state index is 0.0173. The van der Waals surface area contributed by atoms with Crippen molar-refractivity contribution in [2.24, 2.45) is 0 Å². The van der Waals surface area contributed by atoms with Gasteiger partial charge in [-0.1, -0.05) is 36.4 Å². The molecular weight excluding hydrogens is 384 g/mol. The lowest BCUT2D eigenvalue weighted by atomic mass is 10.2. The Morgan fingerprint density at radius 1 is 1.14 bits per heavy atom. The van der Waals surface area contributed by atoms with Crippen molar-refractivity contribution in [2.45, 2.75) is 4.90 Å². The highest BCUT2D eigenvalue weighted by atomic mass is 32.2. The van der Waals surface area contributed by atoms with Crippen LogP contribution in [0.5, 0.6) is 5.75 Å². The largest absolute Gasteiger partial charge is 0.483 e. The number of rotatable bonds is 7. The summed E-state index contributed by atoms with van der Waals surface area (Å²) in [5, 5.41) is 11.4. The second-order valence-corrected chi connectivity index (χ2v) is 7.97. The van der Waals surface area contributed by atoms with Crippen LogP contribution in [0.1, 0.15) is 5.56 Å². The second kappa shape index (κ2) is 8.96. The third-order valence-corrected chi connectivity index (χ3v) is 6.07. The van der Waals surface area contributed by atoms with E-state index in [-0.39, 0.29) is 36.0 Å². The van der Waals surface area contributed by atoms with Crippen LogP contribution in [-0.4, -0.2) is 50.6 Å². The molecule has 0 bridgehead atoms. The van der Waals surface area contributed by atoms with Crippen molar-refractivity contribution >= 4 is 21.8 Å². The van der Waals surface area contributed by atoms with Gasteiger partial charge in [0, 0.05) is 19.2 Å². The van der Waals surface area contributed by atoms with Gasteiger partial charge < -0.3 is 9.47 Å². The first-order valence-electron chi connectivity index (χ1n) is 8.69. The predicted octanol–water partition coefficient (Wildman–Crippen LogP) is 2.71. The molecule has 1 fully saturated rings. The molecule has 3 rings (SSSR count). The van der Waals surface area contributed by atoms with Crippen molar-refractivity contribution in [2.75, 3.05) is 32.9 Å². The Morgan fingerprint density at radius 3 is 2.54 bits per heavy atom. The summed E-state index contributed by atoms with van der Waals surface area (Å²) in [6, 6.07) is 13.2. The van der Waals surface area contributed by atoms with Gasteiger partial charge >= 0.3 is 5.69 Å². The van der Waals surface area contributed by atoms with E-state index in [1.54, 1.807) is 6.08 Å². The quantitative estimate of drug-likeness (QED) is 0.520. The van der Waals surface area contributed by atoms with Crippen molar-refractivity contribution in [1.29, 1.82) is 0 Å². The number of benzene rings is 2. The average molecular weight is 404 g/mol. The Hall–Kier alpha value is -2.75. The van der Waals surface area contributed by atoms with Crippen LogP contribution >= 0.6 is 0 Å². The van der Waals surface area contributed by atoms with Crippen LogP contribution in [0.4, 0.5) is 5.69 Å².